The van der Waals surface area contributed by atoms with Crippen LogP contribution in [0.25, 0.3) is 0 Å². The number of rotatable bonds is 5. The summed E-state index contributed by atoms with van der Waals surface area (Å²) in [7, 11) is -3.29. The third-order valence-electron chi connectivity index (χ3n) is 4.13. The number of benzene rings is 1. The van der Waals surface area contributed by atoms with Gasteiger partial charge >= 0.3 is 0 Å². The second kappa shape index (κ2) is 6.78. The van der Waals surface area contributed by atoms with Crippen molar-refractivity contribution in [1.82, 2.24) is 9.62 Å². The highest BCUT2D eigenvalue weighted by Crippen LogP contribution is 2.28. The Morgan fingerprint density at radius 1 is 1.25 bits per heavy atom. The number of hydrogen-bond donors (Lipinski definition) is 1. The van der Waals surface area contributed by atoms with Gasteiger partial charge in [-0.25, -0.2) is 13.1 Å². The molecule has 0 unspecified atom stereocenters. The van der Waals surface area contributed by atoms with Crippen LogP contribution >= 0.6 is 0 Å². The van der Waals surface area contributed by atoms with E-state index >= 15 is 0 Å². The topological polar surface area (TPSA) is 79.6 Å². The number of carbonyl (C=O) groups excluding carboxylic acids is 1. The summed E-state index contributed by atoms with van der Waals surface area (Å²) < 4.78 is 30.0. The van der Waals surface area contributed by atoms with Crippen molar-refractivity contribution in [1.29, 1.82) is 0 Å². The fourth-order valence-corrected chi connectivity index (χ4v) is 3.29. The van der Waals surface area contributed by atoms with E-state index < -0.39 is 10.0 Å². The molecular weight excluding hydrogens is 328 g/mol. The van der Waals surface area contributed by atoms with Crippen LogP contribution in [-0.2, 0) is 16.6 Å². The van der Waals surface area contributed by atoms with Crippen LogP contribution in [0.3, 0.4) is 0 Å². The first-order valence-electron chi connectivity index (χ1n) is 7.80. The molecule has 2 aromatic rings. The first-order chi connectivity index (χ1) is 11.4. The van der Waals surface area contributed by atoms with Gasteiger partial charge in [-0.2, -0.15) is 0 Å². The van der Waals surface area contributed by atoms with Gasteiger partial charge in [-0.05, 0) is 24.1 Å². The summed E-state index contributed by atoms with van der Waals surface area (Å²) in [5.74, 6) is 0.854. The largest absolute Gasteiger partial charge is 0.455 e. The van der Waals surface area contributed by atoms with Gasteiger partial charge in [-0.1, -0.05) is 30.3 Å². The van der Waals surface area contributed by atoms with Crippen LogP contribution < -0.4 is 4.72 Å². The standard InChI is InChI=1S/C17H20N2O4S/c1-24(21,22)18-11-15-7-8-16(23-15)17(20)19-10-9-14(12-19)13-5-3-2-4-6-13/h2-8,14,18H,9-12H2,1H3/t14-/m1/s1. The Bertz CT molecular complexity index is 814. The molecule has 1 aliphatic rings. The van der Waals surface area contributed by atoms with E-state index in [9.17, 15) is 13.2 Å². The molecule has 0 bridgehead atoms. The molecule has 6 nitrogen and oxygen atoms in total. The van der Waals surface area contributed by atoms with Crippen LogP contribution in [0, 0.1) is 0 Å². The van der Waals surface area contributed by atoms with Crippen molar-refractivity contribution >= 4 is 15.9 Å². The predicted molar refractivity (Wildman–Crippen MR) is 90.1 cm³/mol. The van der Waals surface area contributed by atoms with Crippen molar-refractivity contribution in [3.8, 4) is 0 Å². The lowest BCUT2D eigenvalue weighted by Gasteiger charge is -2.15. The number of amides is 1. The molecule has 1 atom stereocenters. The Morgan fingerprint density at radius 2 is 2.00 bits per heavy atom. The minimum atomic E-state index is -3.29. The van der Waals surface area contributed by atoms with Crippen molar-refractivity contribution in [2.45, 2.75) is 18.9 Å². The molecule has 1 amide bonds. The number of carbonyl (C=O) groups is 1. The zero-order valence-corrected chi connectivity index (χ0v) is 14.3. The van der Waals surface area contributed by atoms with Crippen molar-refractivity contribution in [3.63, 3.8) is 0 Å². The fourth-order valence-electron chi connectivity index (χ4n) is 2.89. The van der Waals surface area contributed by atoms with Crippen LogP contribution in [0.4, 0.5) is 0 Å². The van der Waals surface area contributed by atoms with Crippen LogP contribution in [0.5, 0.6) is 0 Å². The molecular formula is C17H20N2O4S. The number of likely N-dealkylation sites (tertiary alicyclic amines) is 1. The Labute approximate surface area is 141 Å². The monoisotopic (exact) mass is 348 g/mol. The molecule has 1 saturated heterocycles. The molecule has 1 aromatic heterocycles. The van der Waals surface area contributed by atoms with Crippen molar-refractivity contribution in [2.75, 3.05) is 19.3 Å². The summed E-state index contributed by atoms with van der Waals surface area (Å²) in [5, 5.41) is 0. The van der Waals surface area contributed by atoms with Crippen LogP contribution in [-0.4, -0.2) is 38.6 Å². The number of nitrogens with one attached hydrogen (secondary N) is 1. The van der Waals surface area contributed by atoms with E-state index in [0.29, 0.717) is 24.8 Å². The third kappa shape index (κ3) is 4.04. The molecule has 128 valence electrons. The van der Waals surface area contributed by atoms with E-state index in [1.807, 2.05) is 18.2 Å². The maximum Gasteiger partial charge on any atom is 0.289 e. The van der Waals surface area contributed by atoms with Gasteiger partial charge in [0, 0.05) is 19.0 Å². The van der Waals surface area contributed by atoms with Gasteiger partial charge in [0.05, 0.1) is 12.8 Å². The first-order valence-corrected chi connectivity index (χ1v) is 9.69. The summed E-state index contributed by atoms with van der Waals surface area (Å²) in [6.45, 7) is 1.40. The first kappa shape index (κ1) is 16.7. The molecule has 0 aliphatic carbocycles. The Hall–Kier alpha value is -2.12. The fraction of sp³-hybridized carbons (Fsp3) is 0.353. The van der Waals surface area contributed by atoms with Gasteiger partial charge in [0.1, 0.15) is 5.76 Å². The van der Waals surface area contributed by atoms with Gasteiger partial charge in [0.2, 0.25) is 10.0 Å². The Kier molecular flexibility index (Phi) is 4.73. The SMILES string of the molecule is CS(=O)(=O)NCc1ccc(C(=O)N2CC[C@@H](c3ccccc3)C2)o1. The maximum absolute atomic E-state index is 12.5. The smallest absolute Gasteiger partial charge is 0.289 e. The van der Waals surface area contributed by atoms with E-state index in [2.05, 4.69) is 16.9 Å². The van der Waals surface area contributed by atoms with Crippen molar-refractivity contribution in [3.05, 3.63) is 59.5 Å². The van der Waals surface area contributed by atoms with Gasteiger partial charge in [0.25, 0.3) is 5.91 Å². The second-order valence-corrected chi connectivity index (χ2v) is 7.84. The minimum Gasteiger partial charge on any atom is -0.455 e. The highest BCUT2D eigenvalue weighted by atomic mass is 32.2. The summed E-state index contributed by atoms with van der Waals surface area (Å²) >= 11 is 0. The summed E-state index contributed by atoms with van der Waals surface area (Å²) in [5.41, 5.74) is 1.24. The van der Waals surface area contributed by atoms with E-state index in [1.165, 1.54) is 5.56 Å². The van der Waals surface area contributed by atoms with Gasteiger partial charge < -0.3 is 9.32 Å². The molecule has 1 N–H and O–H groups in total. The number of furan rings is 1. The summed E-state index contributed by atoms with van der Waals surface area (Å²) in [6, 6.07) is 13.4. The second-order valence-electron chi connectivity index (χ2n) is 6.01. The zero-order chi connectivity index (χ0) is 17.2. The molecule has 24 heavy (non-hydrogen) atoms. The van der Waals surface area contributed by atoms with E-state index in [0.717, 1.165) is 12.7 Å². The van der Waals surface area contributed by atoms with Gasteiger partial charge in [-0.3, -0.25) is 4.79 Å². The lowest BCUT2D eigenvalue weighted by Crippen LogP contribution is -2.28. The molecule has 1 aliphatic heterocycles. The van der Waals surface area contributed by atoms with Crippen LogP contribution in [0.2, 0.25) is 0 Å². The molecule has 0 saturated carbocycles. The summed E-state index contributed by atoms with van der Waals surface area (Å²) in [4.78, 5) is 14.3. The number of nitrogens with zero attached hydrogens (tertiary/aromatic N) is 1. The Morgan fingerprint density at radius 3 is 2.71 bits per heavy atom. The third-order valence-corrected chi connectivity index (χ3v) is 4.80. The van der Waals surface area contributed by atoms with Gasteiger partial charge in [-0.15, -0.1) is 0 Å². The predicted octanol–water partition coefficient (Wildman–Crippen LogP) is 1.96. The number of sulfonamides is 1. The van der Waals surface area contributed by atoms with Crippen LogP contribution in [0.1, 0.15) is 34.2 Å². The normalized spacial score (nSPS) is 18.0. The molecule has 0 radical (unpaired) electrons. The van der Waals surface area contributed by atoms with Crippen molar-refractivity contribution in [2.24, 2.45) is 0 Å². The molecule has 0 spiro atoms. The van der Waals surface area contributed by atoms with E-state index in [1.54, 1.807) is 17.0 Å². The van der Waals surface area contributed by atoms with Gasteiger partial charge in [0.15, 0.2) is 5.76 Å². The highest BCUT2D eigenvalue weighted by Gasteiger charge is 2.29. The molecule has 2 heterocycles. The van der Waals surface area contributed by atoms with Crippen LogP contribution in [0.15, 0.2) is 46.9 Å². The maximum atomic E-state index is 12.5. The lowest BCUT2D eigenvalue weighted by molar-refractivity contribution is 0.0757. The van der Waals surface area contributed by atoms with Crippen molar-refractivity contribution < 1.29 is 17.6 Å². The molecule has 1 fully saturated rings. The molecule has 7 heteroatoms. The quantitative estimate of drug-likeness (QED) is 0.896. The zero-order valence-electron chi connectivity index (χ0n) is 13.4. The van der Waals surface area contributed by atoms with E-state index in [-0.39, 0.29) is 18.2 Å². The molecule has 3 rings (SSSR count). The van der Waals surface area contributed by atoms with E-state index in [4.69, 9.17) is 4.42 Å². The number of hydrogen-bond acceptors (Lipinski definition) is 4. The lowest BCUT2D eigenvalue weighted by atomic mass is 9.99. The average molecular weight is 348 g/mol. The Balaban J connectivity index is 1.62. The highest BCUT2D eigenvalue weighted by molar-refractivity contribution is 7.88. The average Bonchev–Trinajstić information content (AvgIpc) is 3.22. The molecule has 1 aromatic carbocycles. The summed E-state index contributed by atoms with van der Waals surface area (Å²) in [6.07, 6.45) is 2.01. The minimum absolute atomic E-state index is 0.0404.